The fourth-order valence-electron chi connectivity index (χ4n) is 1.71. The summed E-state index contributed by atoms with van der Waals surface area (Å²) < 4.78 is 9.32. The van der Waals surface area contributed by atoms with Crippen LogP contribution in [0.25, 0.3) is 0 Å². The van der Waals surface area contributed by atoms with Crippen LogP contribution >= 0.6 is 46.8 Å². The van der Waals surface area contributed by atoms with Crippen molar-refractivity contribution in [2.75, 3.05) is 32.9 Å². The van der Waals surface area contributed by atoms with Crippen LogP contribution in [0.5, 0.6) is 0 Å². The number of carbonyl (C=O) groups is 4. The van der Waals surface area contributed by atoms with Gasteiger partial charge in [0.05, 0.1) is 13.2 Å². The highest BCUT2D eigenvalue weighted by molar-refractivity contribution is 7.98. The summed E-state index contributed by atoms with van der Waals surface area (Å²) in [4.78, 5) is 47.2. The van der Waals surface area contributed by atoms with Gasteiger partial charge in [0.1, 0.15) is 18.6 Å². The van der Waals surface area contributed by atoms with Crippen molar-refractivity contribution in [3.63, 3.8) is 0 Å². The molecule has 0 aromatic rings. The third-order valence-electron chi connectivity index (χ3n) is 2.94. The summed E-state index contributed by atoms with van der Waals surface area (Å²) in [5.41, 5.74) is -0.343. The molecule has 0 aromatic carbocycles. The van der Waals surface area contributed by atoms with Crippen molar-refractivity contribution in [3.8, 4) is 0 Å². The lowest BCUT2D eigenvalue weighted by molar-refractivity contribution is -0.148. The van der Waals surface area contributed by atoms with Crippen molar-refractivity contribution in [2.45, 2.75) is 36.0 Å². The highest BCUT2D eigenvalue weighted by Gasteiger charge is 2.27. The standard InChI is InChI=1S/C15H24Cl3N3O7S/c1-4-27-10(3)29-21(9(2)23)6-13(25)19-5-12(24)20-11(7-22)14(26)28-8-15(16,17)18/h10-11,22H,4-8H2,1-3H3,(H,19,25)(H,20,24)/t10?,11-/m0/s1. The van der Waals surface area contributed by atoms with E-state index in [0.29, 0.717) is 6.61 Å². The van der Waals surface area contributed by atoms with Crippen molar-refractivity contribution in [3.05, 3.63) is 0 Å². The quantitative estimate of drug-likeness (QED) is 0.153. The molecule has 0 heterocycles. The normalized spacial score (nSPS) is 13.2. The molecule has 0 bridgehead atoms. The van der Waals surface area contributed by atoms with Gasteiger partial charge in [-0.25, -0.2) is 4.79 Å². The van der Waals surface area contributed by atoms with E-state index >= 15 is 0 Å². The number of alkyl halides is 3. The number of carbonyl (C=O) groups excluding carboxylic acids is 4. The molecular formula is C15H24Cl3N3O7S. The molecule has 10 nitrogen and oxygen atoms in total. The number of amides is 3. The number of nitrogens with one attached hydrogen (secondary N) is 2. The van der Waals surface area contributed by atoms with Gasteiger partial charge in [-0.3, -0.25) is 18.7 Å². The van der Waals surface area contributed by atoms with Gasteiger partial charge >= 0.3 is 5.97 Å². The molecule has 0 aliphatic heterocycles. The number of halogens is 3. The van der Waals surface area contributed by atoms with Crippen LogP contribution in [0.4, 0.5) is 0 Å². The lowest BCUT2D eigenvalue weighted by Crippen LogP contribution is -2.49. The Morgan fingerprint density at radius 3 is 2.31 bits per heavy atom. The van der Waals surface area contributed by atoms with E-state index in [1.165, 1.54) is 11.2 Å². The number of aliphatic hydroxyl groups excluding tert-OH is 1. The van der Waals surface area contributed by atoms with E-state index in [-0.39, 0.29) is 17.9 Å². The molecule has 0 fully saturated rings. The highest BCUT2D eigenvalue weighted by atomic mass is 35.6. The fraction of sp³-hybridized carbons (Fsp3) is 0.733. The van der Waals surface area contributed by atoms with Crippen molar-refractivity contribution in [1.82, 2.24) is 14.9 Å². The van der Waals surface area contributed by atoms with Gasteiger partial charge in [-0.15, -0.1) is 0 Å². The number of esters is 1. The minimum Gasteiger partial charge on any atom is -0.460 e. The molecule has 0 aromatic heterocycles. The smallest absolute Gasteiger partial charge is 0.331 e. The third kappa shape index (κ3) is 13.8. The van der Waals surface area contributed by atoms with Gasteiger partial charge in [0, 0.05) is 13.5 Å². The molecule has 14 heteroatoms. The molecule has 2 atom stereocenters. The number of nitrogens with zero attached hydrogens (tertiary/aromatic N) is 1. The van der Waals surface area contributed by atoms with Gasteiger partial charge in [-0.05, 0) is 25.8 Å². The third-order valence-corrected chi connectivity index (χ3v) is 4.34. The Hall–Kier alpha value is -0.980. The number of hydrogen-bond donors (Lipinski definition) is 3. The second-order valence-electron chi connectivity index (χ2n) is 5.49. The number of ether oxygens (including phenoxy) is 2. The van der Waals surface area contributed by atoms with Gasteiger partial charge in [-0.1, -0.05) is 34.8 Å². The van der Waals surface area contributed by atoms with E-state index in [4.69, 9.17) is 39.5 Å². The van der Waals surface area contributed by atoms with E-state index in [0.717, 1.165) is 11.9 Å². The summed E-state index contributed by atoms with van der Waals surface area (Å²) in [6, 6.07) is -1.40. The molecule has 3 N–H and O–H groups in total. The van der Waals surface area contributed by atoms with Crippen LogP contribution in [0.2, 0.25) is 0 Å². The van der Waals surface area contributed by atoms with E-state index < -0.39 is 47.4 Å². The summed E-state index contributed by atoms with van der Waals surface area (Å²) in [5, 5.41) is 13.7. The Balaban J connectivity index is 4.49. The number of rotatable bonds is 12. The van der Waals surface area contributed by atoms with Gasteiger partial charge in [0.25, 0.3) is 0 Å². The zero-order chi connectivity index (χ0) is 22.6. The van der Waals surface area contributed by atoms with Gasteiger partial charge in [0.15, 0.2) is 6.04 Å². The summed E-state index contributed by atoms with van der Waals surface area (Å²) >= 11 is 17.4. The molecule has 0 saturated heterocycles. The maximum atomic E-state index is 12.0. The molecule has 3 amide bonds. The first kappa shape index (κ1) is 28.0. The first-order valence-electron chi connectivity index (χ1n) is 8.36. The first-order valence-corrected chi connectivity index (χ1v) is 10.3. The van der Waals surface area contributed by atoms with Crippen LogP contribution in [-0.2, 0) is 28.7 Å². The fourth-order valence-corrected chi connectivity index (χ4v) is 2.77. The molecule has 0 spiro atoms. The van der Waals surface area contributed by atoms with Gasteiger partial charge in [-0.2, -0.15) is 0 Å². The molecule has 0 aliphatic rings. The average Bonchev–Trinajstić information content (AvgIpc) is 2.61. The Morgan fingerprint density at radius 2 is 1.83 bits per heavy atom. The van der Waals surface area contributed by atoms with E-state index in [2.05, 4.69) is 15.4 Å². The van der Waals surface area contributed by atoms with E-state index in [9.17, 15) is 24.3 Å². The largest absolute Gasteiger partial charge is 0.460 e. The predicted molar refractivity (Wildman–Crippen MR) is 109 cm³/mol. The molecular weight excluding hydrogens is 473 g/mol. The zero-order valence-electron chi connectivity index (χ0n) is 16.1. The van der Waals surface area contributed by atoms with Gasteiger partial charge < -0.3 is 25.2 Å². The van der Waals surface area contributed by atoms with Crippen LogP contribution in [-0.4, -0.2) is 81.3 Å². The monoisotopic (exact) mass is 495 g/mol. The highest BCUT2D eigenvalue weighted by Crippen LogP contribution is 2.26. The second kappa shape index (κ2) is 14.1. The maximum Gasteiger partial charge on any atom is 0.331 e. The molecule has 0 rings (SSSR count). The molecule has 29 heavy (non-hydrogen) atoms. The van der Waals surface area contributed by atoms with Crippen molar-refractivity contribution >= 4 is 70.4 Å². The van der Waals surface area contributed by atoms with Crippen molar-refractivity contribution in [2.24, 2.45) is 0 Å². The lowest BCUT2D eigenvalue weighted by Gasteiger charge is -2.22. The van der Waals surface area contributed by atoms with Crippen molar-refractivity contribution in [1.29, 1.82) is 0 Å². The molecule has 168 valence electrons. The van der Waals surface area contributed by atoms with Crippen molar-refractivity contribution < 1.29 is 33.8 Å². The number of hydrogen-bond acceptors (Lipinski definition) is 8. The molecule has 0 radical (unpaired) electrons. The predicted octanol–water partition coefficient (Wildman–Crippen LogP) is 0.372. The maximum absolute atomic E-state index is 12.0. The summed E-state index contributed by atoms with van der Waals surface area (Å²) in [6.45, 7) is 3.13. The van der Waals surface area contributed by atoms with Crippen LogP contribution in [0.1, 0.15) is 20.8 Å². The van der Waals surface area contributed by atoms with Crippen LogP contribution < -0.4 is 10.6 Å². The van der Waals surface area contributed by atoms with E-state index in [1.54, 1.807) is 13.8 Å². The summed E-state index contributed by atoms with van der Waals surface area (Å²) in [5.74, 6) is -2.75. The zero-order valence-corrected chi connectivity index (χ0v) is 19.2. The first-order chi connectivity index (χ1) is 13.4. The average molecular weight is 497 g/mol. The Morgan fingerprint density at radius 1 is 1.21 bits per heavy atom. The lowest BCUT2D eigenvalue weighted by atomic mass is 10.3. The molecule has 0 aliphatic carbocycles. The SMILES string of the molecule is CCOC(C)SN(CC(=O)NCC(=O)N[C@@H](CO)C(=O)OCC(Cl)(Cl)Cl)C(C)=O. The van der Waals surface area contributed by atoms with E-state index in [1.807, 2.05) is 0 Å². The van der Waals surface area contributed by atoms with Crippen LogP contribution in [0.15, 0.2) is 0 Å². The molecule has 0 saturated carbocycles. The number of aliphatic hydroxyl groups is 1. The minimum atomic E-state index is -1.84. The Bertz CT molecular complexity index is 578. The van der Waals surface area contributed by atoms with Crippen LogP contribution in [0.3, 0.4) is 0 Å². The van der Waals surface area contributed by atoms with Crippen LogP contribution in [0, 0.1) is 0 Å². The topological polar surface area (TPSA) is 134 Å². The second-order valence-corrected chi connectivity index (χ2v) is 9.32. The Kier molecular flexibility index (Phi) is 13.6. The summed E-state index contributed by atoms with van der Waals surface area (Å²) in [7, 11) is 0. The summed E-state index contributed by atoms with van der Waals surface area (Å²) in [6.07, 6.45) is 0. The van der Waals surface area contributed by atoms with Gasteiger partial charge in [0.2, 0.25) is 21.5 Å². The Labute approximate surface area is 188 Å². The molecule has 1 unspecified atom stereocenters. The minimum absolute atomic E-state index is 0.306.